The smallest absolute Gasteiger partial charge is 0.251 e. The molecule has 1 heterocycles. The van der Waals surface area contributed by atoms with Crippen LogP contribution >= 0.6 is 0 Å². The van der Waals surface area contributed by atoms with E-state index in [9.17, 15) is 14.7 Å². The van der Waals surface area contributed by atoms with E-state index in [-0.39, 0.29) is 17.9 Å². The van der Waals surface area contributed by atoms with Crippen LogP contribution < -0.4 is 5.32 Å². The van der Waals surface area contributed by atoms with Gasteiger partial charge < -0.3 is 15.3 Å². The summed E-state index contributed by atoms with van der Waals surface area (Å²) in [6.45, 7) is 11.0. The van der Waals surface area contributed by atoms with Gasteiger partial charge in [-0.15, -0.1) is 6.58 Å². The summed E-state index contributed by atoms with van der Waals surface area (Å²) >= 11 is 0. The standard InChI is InChI=1S/C27H39N3O3/c1-4-15-29(25-19-23(25)20(3)5-2)16-9-12-24(27(33)30-17-13-22(31)14-18-30)28-26(32)21-10-7-6-8-11-21/h4-8,10-11,22-25,31H,1,9,12-19H2,2-3H3,(H,28,32)/b20-5+/t23-,24-,25?/m0/s1. The second-order valence-corrected chi connectivity index (χ2v) is 9.32. The van der Waals surface area contributed by atoms with Gasteiger partial charge in [0.25, 0.3) is 5.91 Å². The van der Waals surface area contributed by atoms with E-state index in [2.05, 4.69) is 36.7 Å². The number of hydrogen-bond donors (Lipinski definition) is 2. The van der Waals surface area contributed by atoms with Gasteiger partial charge in [0.1, 0.15) is 6.04 Å². The fourth-order valence-electron chi connectivity index (χ4n) is 4.74. The molecule has 1 aliphatic carbocycles. The summed E-state index contributed by atoms with van der Waals surface area (Å²) < 4.78 is 0. The second kappa shape index (κ2) is 12.1. The molecule has 2 N–H and O–H groups in total. The number of likely N-dealkylation sites (tertiary alicyclic amines) is 1. The fraction of sp³-hybridized carbons (Fsp3) is 0.556. The minimum absolute atomic E-state index is 0.0458. The van der Waals surface area contributed by atoms with Crippen molar-refractivity contribution in [2.45, 2.75) is 64.1 Å². The molecule has 180 valence electrons. The van der Waals surface area contributed by atoms with Gasteiger partial charge in [-0.05, 0) is 70.5 Å². The zero-order valence-corrected chi connectivity index (χ0v) is 20.1. The first-order valence-electron chi connectivity index (χ1n) is 12.2. The number of aliphatic hydroxyl groups excluding tert-OH is 1. The monoisotopic (exact) mass is 453 g/mol. The zero-order chi connectivity index (χ0) is 23.8. The maximum absolute atomic E-state index is 13.3. The number of carbonyl (C=O) groups is 2. The van der Waals surface area contributed by atoms with Crippen molar-refractivity contribution in [1.82, 2.24) is 15.1 Å². The van der Waals surface area contributed by atoms with Gasteiger partial charge in [0.05, 0.1) is 6.10 Å². The Bertz CT molecular complexity index is 830. The van der Waals surface area contributed by atoms with Gasteiger partial charge in [-0.1, -0.05) is 35.9 Å². The highest BCUT2D eigenvalue weighted by Gasteiger charge is 2.41. The second-order valence-electron chi connectivity index (χ2n) is 9.32. The average molecular weight is 454 g/mol. The number of piperidine rings is 1. The first-order valence-corrected chi connectivity index (χ1v) is 12.2. The molecule has 6 nitrogen and oxygen atoms in total. The van der Waals surface area contributed by atoms with Crippen LogP contribution in [0.25, 0.3) is 0 Å². The number of allylic oxidation sites excluding steroid dienone is 1. The molecule has 1 aliphatic heterocycles. The normalized spacial score (nSPS) is 22.2. The molecule has 0 bridgehead atoms. The van der Waals surface area contributed by atoms with Crippen LogP contribution in [0.4, 0.5) is 0 Å². The van der Waals surface area contributed by atoms with Crippen molar-refractivity contribution in [2.75, 3.05) is 26.2 Å². The van der Waals surface area contributed by atoms with E-state index in [0.29, 0.717) is 49.9 Å². The third-order valence-corrected chi connectivity index (χ3v) is 6.98. The predicted molar refractivity (Wildman–Crippen MR) is 132 cm³/mol. The fourth-order valence-corrected chi connectivity index (χ4v) is 4.74. The maximum Gasteiger partial charge on any atom is 0.251 e. The molecule has 6 heteroatoms. The summed E-state index contributed by atoms with van der Waals surface area (Å²) in [6, 6.07) is 9.01. The lowest BCUT2D eigenvalue weighted by Crippen LogP contribution is -2.51. The molecular weight excluding hydrogens is 414 g/mol. The van der Waals surface area contributed by atoms with E-state index in [0.717, 1.165) is 19.5 Å². The Balaban J connectivity index is 1.62. The molecule has 2 aliphatic rings. The van der Waals surface area contributed by atoms with Gasteiger partial charge >= 0.3 is 0 Å². The lowest BCUT2D eigenvalue weighted by Gasteiger charge is -2.33. The molecule has 0 aromatic heterocycles. The van der Waals surface area contributed by atoms with E-state index in [1.54, 1.807) is 17.0 Å². The van der Waals surface area contributed by atoms with Gasteiger partial charge in [-0.3, -0.25) is 14.5 Å². The number of carbonyl (C=O) groups excluding carboxylic acids is 2. The predicted octanol–water partition coefficient (Wildman–Crippen LogP) is 3.39. The van der Waals surface area contributed by atoms with Crippen molar-refractivity contribution in [3.8, 4) is 0 Å². The van der Waals surface area contributed by atoms with Crippen molar-refractivity contribution in [2.24, 2.45) is 5.92 Å². The quantitative estimate of drug-likeness (QED) is 0.504. The van der Waals surface area contributed by atoms with Gasteiger partial charge in [0, 0.05) is 31.2 Å². The van der Waals surface area contributed by atoms with E-state index < -0.39 is 6.04 Å². The van der Waals surface area contributed by atoms with E-state index in [1.165, 1.54) is 12.0 Å². The van der Waals surface area contributed by atoms with E-state index >= 15 is 0 Å². The molecule has 1 aromatic rings. The third kappa shape index (κ3) is 7.02. The van der Waals surface area contributed by atoms with Gasteiger partial charge in [0.15, 0.2) is 0 Å². The molecule has 1 saturated heterocycles. The number of benzene rings is 1. The molecule has 0 spiro atoms. The van der Waals surface area contributed by atoms with Gasteiger partial charge in [0.2, 0.25) is 5.91 Å². The van der Waals surface area contributed by atoms with Crippen LogP contribution in [0.2, 0.25) is 0 Å². The Kier molecular flexibility index (Phi) is 9.27. The largest absolute Gasteiger partial charge is 0.393 e. The van der Waals surface area contributed by atoms with Gasteiger partial charge in [-0.25, -0.2) is 0 Å². The topological polar surface area (TPSA) is 72.9 Å². The summed E-state index contributed by atoms with van der Waals surface area (Å²) in [5.41, 5.74) is 1.99. The number of amides is 2. The Labute approximate surface area is 198 Å². The number of aliphatic hydroxyl groups is 1. The molecule has 2 amide bonds. The zero-order valence-electron chi connectivity index (χ0n) is 20.1. The average Bonchev–Trinajstić information content (AvgIpc) is 3.63. The Morgan fingerprint density at radius 3 is 2.61 bits per heavy atom. The Hall–Kier alpha value is -2.44. The summed E-state index contributed by atoms with van der Waals surface area (Å²) in [6.07, 6.45) is 7.55. The minimum Gasteiger partial charge on any atom is -0.393 e. The van der Waals surface area contributed by atoms with Crippen molar-refractivity contribution in [3.05, 3.63) is 60.2 Å². The molecule has 3 atom stereocenters. The van der Waals surface area contributed by atoms with Crippen molar-refractivity contribution >= 4 is 11.8 Å². The van der Waals surface area contributed by atoms with Crippen LogP contribution in [0.3, 0.4) is 0 Å². The van der Waals surface area contributed by atoms with Crippen LogP contribution in [0.5, 0.6) is 0 Å². The number of nitrogens with one attached hydrogen (secondary N) is 1. The Morgan fingerprint density at radius 1 is 1.27 bits per heavy atom. The summed E-state index contributed by atoms with van der Waals surface area (Å²) in [5.74, 6) is 0.348. The molecule has 1 saturated carbocycles. The maximum atomic E-state index is 13.3. The summed E-state index contributed by atoms with van der Waals surface area (Å²) in [4.78, 5) is 30.3. The molecule has 1 unspecified atom stereocenters. The Morgan fingerprint density at radius 2 is 1.97 bits per heavy atom. The van der Waals surface area contributed by atoms with Crippen molar-refractivity contribution in [3.63, 3.8) is 0 Å². The van der Waals surface area contributed by atoms with E-state index in [1.807, 2.05) is 24.3 Å². The highest BCUT2D eigenvalue weighted by atomic mass is 16.3. The van der Waals surface area contributed by atoms with E-state index in [4.69, 9.17) is 0 Å². The number of nitrogens with zero attached hydrogens (tertiary/aromatic N) is 2. The van der Waals surface area contributed by atoms with Crippen molar-refractivity contribution < 1.29 is 14.7 Å². The lowest BCUT2D eigenvalue weighted by atomic mass is 10.0. The van der Waals surface area contributed by atoms with Crippen LogP contribution in [-0.2, 0) is 4.79 Å². The van der Waals surface area contributed by atoms with Gasteiger partial charge in [-0.2, -0.15) is 0 Å². The SMILES string of the molecule is C=CCN(CCC[C@H](NC(=O)c1ccccc1)C(=O)N1CCC(O)CC1)C1C[C@H]1/C(C)=C/C. The number of rotatable bonds is 11. The molecule has 33 heavy (non-hydrogen) atoms. The van der Waals surface area contributed by atoms with Crippen LogP contribution in [0.1, 0.15) is 56.3 Å². The highest BCUT2D eigenvalue weighted by Crippen LogP contribution is 2.41. The molecule has 3 rings (SSSR count). The van der Waals surface area contributed by atoms with Crippen LogP contribution in [0, 0.1) is 5.92 Å². The van der Waals surface area contributed by atoms with Crippen molar-refractivity contribution in [1.29, 1.82) is 0 Å². The highest BCUT2D eigenvalue weighted by molar-refractivity contribution is 5.97. The summed E-state index contributed by atoms with van der Waals surface area (Å²) in [7, 11) is 0. The number of hydrogen-bond acceptors (Lipinski definition) is 4. The molecule has 2 fully saturated rings. The molecular formula is C27H39N3O3. The third-order valence-electron chi connectivity index (χ3n) is 6.98. The molecule has 1 aromatic carbocycles. The molecule has 0 radical (unpaired) electrons. The first-order chi connectivity index (χ1) is 15.9. The van der Waals surface area contributed by atoms with Crippen LogP contribution in [-0.4, -0.2) is 71.1 Å². The summed E-state index contributed by atoms with van der Waals surface area (Å²) in [5, 5.41) is 12.8. The lowest BCUT2D eigenvalue weighted by molar-refractivity contribution is -0.135. The minimum atomic E-state index is -0.564. The van der Waals surface area contributed by atoms with Crippen LogP contribution in [0.15, 0.2) is 54.6 Å². The first kappa shape index (κ1) is 25.2.